The van der Waals surface area contributed by atoms with Crippen LogP contribution in [0.1, 0.15) is 46.5 Å². The highest BCUT2D eigenvalue weighted by atomic mass is 28.3. The smallest absolute Gasteiger partial charge is 0.472 e. The predicted molar refractivity (Wildman–Crippen MR) is 69.8 cm³/mol. The molecule has 0 amide bonds. The fourth-order valence-corrected chi connectivity index (χ4v) is 2.28. The lowest BCUT2D eigenvalue weighted by Gasteiger charge is -2.16. The lowest BCUT2D eigenvalue weighted by atomic mass is 10.4. The second kappa shape index (κ2) is 10.5. The fraction of sp³-hybridized carbons (Fsp3) is 0.750. The van der Waals surface area contributed by atoms with Crippen molar-refractivity contribution in [1.29, 1.82) is 0 Å². The van der Waals surface area contributed by atoms with Crippen molar-refractivity contribution >= 4 is 15.5 Å². The number of hydrogen-bond donors (Lipinski definition) is 0. The van der Waals surface area contributed by atoms with Gasteiger partial charge in [-0.2, -0.15) is 0 Å². The van der Waals surface area contributed by atoms with Crippen LogP contribution in [0.3, 0.4) is 0 Å². The molecular weight excluding hydrogens is 236 g/mol. The van der Waals surface area contributed by atoms with Crippen LogP contribution in [0.25, 0.3) is 0 Å². The third kappa shape index (κ3) is 9.09. The highest BCUT2D eigenvalue weighted by Gasteiger charge is 2.20. The number of unbranched alkanes of at least 4 members (excludes halogenated alkanes) is 2. The second-order valence-electron chi connectivity index (χ2n) is 3.92. The minimum Gasteiger partial charge on any atom is -0.472 e. The van der Waals surface area contributed by atoms with Gasteiger partial charge in [0.15, 0.2) is 0 Å². The Kier molecular flexibility index (Phi) is 10.1. The van der Waals surface area contributed by atoms with Gasteiger partial charge >= 0.3 is 15.5 Å². The standard InChI is InChI=1S/C12H24O4Si/c1-5-7-9-14-17(15-10-8-6-2)16-12(13)11(3)4/h17H,3,5-10H2,1-2,4H3. The number of carbonyl (C=O) groups excluding carboxylic acids is 1. The summed E-state index contributed by atoms with van der Waals surface area (Å²) in [6.45, 7) is 10.5. The number of carbonyl (C=O) groups is 1. The Hall–Kier alpha value is -0.653. The van der Waals surface area contributed by atoms with Crippen molar-refractivity contribution in [2.45, 2.75) is 46.5 Å². The monoisotopic (exact) mass is 260 g/mol. The summed E-state index contributed by atoms with van der Waals surface area (Å²) < 4.78 is 16.1. The normalized spacial score (nSPS) is 10.6. The summed E-state index contributed by atoms with van der Waals surface area (Å²) in [7, 11) is -2.32. The summed E-state index contributed by atoms with van der Waals surface area (Å²) in [6.07, 6.45) is 3.99. The maximum Gasteiger partial charge on any atom is 0.551 e. The van der Waals surface area contributed by atoms with E-state index in [-0.39, 0.29) is 0 Å². The van der Waals surface area contributed by atoms with E-state index < -0.39 is 15.5 Å². The Bertz CT molecular complexity index is 221. The summed E-state index contributed by atoms with van der Waals surface area (Å²) >= 11 is 0. The van der Waals surface area contributed by atoms with Crippen LogP contribution in [-0.4, -0.2) is 28.7 Å². The quantitative estimate of drug-likeness (QED) is 0.344. The van der Waals surface area contributed by atoms with Crippen molar-refractivity contribution in [2.24, 2.45) is 0 Å². The minimum absolute atomic E-state index is 0.376. The van der Waals surface area contributed by atoms with E-state index in [9.17, 15) is 4.79 Å². The van der Waals surface area contributed by atoms with Crippen molar-refractivity contribution in [1.82, 2.24) is 0 Å². The van der Waals surface area contributed by atoms with Crippen molar-refractivity contribution in [3.8, 4) is 0 Å². The van der Waals surface area contributed by atoms with Crippen LogP contribution < -0.4 is 0 Å². The average Bonchev–Trinajstić information content (AvgIpc) is 2.29. The molecule has 0 aliphatic rings. The van der Waals surface area contributed by atoms with Gasteiger partial charge in [0.1, 0.15) is 0 Å². The maximum atomic E-state index is 11.4. The first kappa shape index (κ1) is 16.3. The van der Waals surface area contributed by atoms with Crippen LogP contribution in [0.5, 0.6) is 0 Å². The molecule has 0 N–H and O–H groups in total. The SMILES string of the molecule is C=C(C)C(=O)O[SiH](OCCCC)OCCCC. The molecule has 0 rings (SSSR count). The molecule has 0 heterocycles. The van der Waals surface area contributed by atoms with Crippen LogP contribution in [0.15, 0.2) is 12.2 Å². The van der Waals surface area contributed by atoms with Gasteiger partial charge in [0, 0.05) is 18.8 Å². The van der Waals surface area contributed by atoms with Crippen molar-refractivity contribution < 1.29 is 18.1 Å². The molecule has 17 heavy (non-hydrogen) atoms. The maximum absolute atomic E-state index is 11.4. The van der Waals surface area contributed by atoms with Crippen molar-refractivity contribution in [2.75, 3.05) is 13.2 Å². The van der Waals surface area contributed by atoms with Crippen LogP contribution in [0, 0.1) is 0 Å². The molecule has 0 aliphatic carbocycles. The van der Waals surface area contributed by atoms with Crippen LogP contribution in [-0.2, 0) is 18.1 Å². The summed E-state index contributed by atoms with van der Waals surface area (Å²) in [6, 6.07) is 0. The lowest BCUT2D eigenvalue weighted by Crippen LogP contribution is -2.31. The molecule has 0 unspecified atom stereocenters. The molecule has 0 saturated carbocycles. The first-order chi connectivity index (χ1) is 8.11. The molecule has 0 aromatic rings. The van der Waals surface area contributed by atoms with Crippen molar-refractivity contribution in [3.63, 3.8) is 0 Å². The van der Waals surface area contributed by atoms with Gasteiger partial charge in [0.25, 0.3) is 0 Å². The van der Waals surface area contributed by atoms with Crippen molar-refractivity contribution in [3.05, 3.63) is 12.2 Å². The molecule has 0 atom stereocenters. The predicted octanol–water partition coefficient (Wildman–Crippen LogP) is 2.46. The van der Waals surface area contributed by atoms with Gasteiger partial charge in [0.05, 0.1) is 0 Å². The van der Waals surface area contributed by atoms with Crippen LogP contribution in [0.2, 0.25) is 0 Å². The van der Waals surface area contributed by atoms with Gasteiger partial charge in [0.2, 0.25) is 0 Å². The Morgan fingerprint density at radius 3 is 1.94 bits per heavy atom. The van der Waals surface area contributed by atoms with Gasteiger partial charge < -0.3 is 13.3 Å². The molecule has 0 aromatic carbocycles. The van der Waals surface area contributed by atoms with E-state index >= 15 is 0 Å². The van der Waals surface area contributed by atoms with E-state index in [1.54, 1.807) is 6.92 Å². The van der Waals surface area contributed by atoms with Gasteiger partial charge in [-0.3, -0.25) is 0 Å². The topological polar surface area (TPSA) is 44.8 Å². The summed E-state index contributed by atoms with van der Waals surface area (Å²) in [5.41, 5.74) is 0.376. The summed E-state index contributed by atoms with van der Waals surface area (Å²) in [5, 5.41) is 0. The molecule has 0 radical (unpaired) electrons. The lowest BCUT2D eigenvalue weighted by molar-refractivity contribution is -0.133. The Balaban J connectivity index is 4.00. The number of rotatable bonds is 10. The molecule has 0 saturated heterocycles. The Labute approximate surface area is 106 Å². The first-order valence-corrected chi connectivity index (χ1v) is 7.62. The van der Waals surface area contributed by atoms with Gasteiger partial charge in [-0.05, 0) is 19.8 Å². The Morgan fingerprint density at radius 1 is 1.12 bits per heavy atom. The van der Waals surface area contributed by atoms with E-state index in [4.69, 9.17) is 13.3 Å². The molecule has 0 spiro atoms. The average molecular weight is 260 g/mol. The van der Waals surface area contributed by atoms with Gasteiger partial charge in [-0.15, -0.1) is 0 Å². The summed E-state index contributed by atoms with van der Waals surface area (Å²) in [4.78, 5) is 11.4. The van der Waals surface area contributed by atoms with Gasteiger partial charge in [-0.1, -0.05) is 33.3 Å². The summed E-state index contributed by atoms with van der Waals surface area (Å²) in [5.74, 6) is -0.422. The zero-order chi connectivity index (χ0) is 13.1. The fourth-order valence-electron chi connectivity index (χ4n) is 0.952. The molecule has 5 heteroatoms. The van der Waals surface area contributed by atoms with E-state index in [0.29, 0.717) is 18.8 Å². The molecule has 0 fully saturated rings. The van der Waals surface area contributed by atoms with Gasteiger partial charge in [-0.25, -0.2) is 4.79 Å². The highest BCUT2D eigenvalue weighted by molar-refractivity contribution is 6.39. The molecule has 4 nitrogen and oxygen atoms in total. The Morgan fingerprint density at radius 2 is 1.59 bits per heavy atom. The van der Waals surface area contributed by atoms with E-state index in [1.165, 1.54) is 0 Å². The third-order valence-corrected chi connectivity index (χ3v) is 3.48. The first-order valence-electron chi connectivity index (χ1n) is 6.21. The van der Waals surface area contributed by atoms with Crippen LogP contribution >= 0.6 is 0 Å². The number of hydrogen-bond acceptors (Lipinski definition) is 4. The van der Waals surface area contributed by atoms with E-state index in [2.05, 4.69) is 20.4 Å². The zero-order valence-corrected chi connectivity index (χ0v) is 12.3. The highest BCUT2D eigenvalue weighted by Crippen LogP contribution is 2.02. The molecule has 0 aliphatic heterocycles. The van der Waals surface area contributed by atoms with E-state index in [1.807, 2.05) is 0 Å². The zero-order valence-electron chi connectivity index (χ0n) is 11.2. The molecule has 0 bridgehead atoms. The minimum atomic E-state index is -2.32. The van der Waals surface area contributed by atoms with Crippen LogP contribution in [0.4, 0.5) is 0 Å². The largest absolute Gasteiger partial charge is 0.551 e. The van der Waals surface area contributed by atoms with E-state index in [0.717, 1.165) is 25.7 Å². The molecular formula is C12H24O4Si. The molecule has 100 valence electrons. The second-order valence-corrected chi connectivity index (χ2v) is 5.40. The molecule has 0 aromatic heterocycles. The third-order valence-electron chi connectivity index (χ3n) is 2.06.